The number of hydrogen-bond donors (Lipinski definition) is 1. The highest BCUT2D eigenvalue weighted by atomic mass is 35.5. The van der Waals surface area contributed by atoms with Gasteiger partial charge in [-0.25, -0.2) is 9.98 Å². The van der Waals surface area contributed by atoms with Crippen molar-refractivity contribution in [2.75, 3.05) is 0 Å². The SMILES string of the molecule is CC(=Nc1nc(C)cc(Cl)n1)C1=C(O)c2ccccc2C1=O. The highest BCUT2D eigenvalue weighted by Gasteiger charge is 2.31. The van der Waals surface area contributed by atoms with Crippen molar-refractivity contribution >= 4 is 34.8 Å². The molecule has 0 atom stereocenters. The Balaban J connectivity index is 2.06. The van der Waals surface area contributed by atoms with Gasteiger partial charge in [0.2, 0.25) is 0 Å². The van der Waals surface area contributed by atoms with Gasteiger partial charge in [0.25, 0.3) is 5.95 Å². The van der Waals surface area contributed by atoms with E-state index < -0.39 is 0 Å². The Morgan fingerprint density at radius 2 is 1.91 bits per heavy atom. The van der Waals surface area contributed by atoms with Gasteiger partial charge in [-0.3, -0.25) is 4.79 Å². The Bertz CT molecular complexity index is 836. The van der Waals surface area contributed by atoms with Crippen molar-refractivity contribution in [1.82, 2.24) is 9.97 Å². The molecule has 5 nitrogen and oxygen atoms in total. The minimum atomic E-state index is -0.256. The predicted octanol–water partition coefficient (Wildman–Crippen LogP) is 3.70. The fourth-order valence-electron chi connectivity index (χ4n) is 2.37. The molecule has 0 amide bonds. The first kappa shape index (κ1) is 14.4. The van der Waals surface area contributed by atoms with Gasteiger partial charge in [0.1, 0.15) is 10.9 Å². The van der Waals surface area contributed by atoms with Crippen molar-refractivity contribution in [2.45, 2.75) is 13.8 Å². The Labute approximate surface area is 132 Å². The number of allylic oxidation sites excluding steroid dienone is 1. The number of benzene rings is 1. The summed E-state index contributed by atoms with van der Waals surface area (Å²) in [6, 6.07) is 8.50. The van der Waals surface area contributed by atoms with Crippen molar-refractivity contribution in [3.63, 3.8) is 0 Å². The van der Waals surface area contributed by atoms with Gasteiger partial charge >= 0.3 is 0 Å². The van der Waals surface area contributed by atoms with E-state index in [0.29, 0.717) is 22.5 Å². The van der Waals surface area contributed by atoms with Gasteiger partial charge in [-0.2, -0.15) is 4.98 Å². The van der Waals surface area contributed by atoms with Gasteiger partial charge in [-0.1, -0.05) is 35.9 Å². The highest BCUT2D eigenvalue weighted by molar-refractivity contribution is 6.35. The zero-order valence-corrected chi connectivity index (χ0v) is 12.7. The van der Waals surface area contributed by atoms with Crippen LogP contribution in [0.2, 0.25) is 5.15 Å². The molecule has 3 rings (SSSR count). The second-order valence-electron chi connectivity index (χ2n) is 4.93. The molecule has 0 spiro atoms. The molecule has 1 aromatic carbocycles. The van der Waals surface area contributed by atoms with Crippen LogP contribution in [0, 0.1) is 6.92 Å². The first-order chi connectivity index (χ1) is 10.5. The summed E-state index contributed by atoms with van der Waals surface area (Å²) in [4.78, 5) is 24.8. The molecule has 0 aliphatic heterocycles. The van der Waals surface area contributed by atoms with Gasteiger partial charge in [0, 0.05) is 16.8 Å². The number of halogens is 1. The average molecular weight is 314 g/mol. The van der Waals surface area contributed by atoms with Gasteiger partial charge in [0.05, 0.1) is 11.3 Å². The minimum absolute atomic E-state index is 0.0689. The normalized spacial score (nSPS) is 14.5. The first-order valence-electron chi connectivity index (χ1n) is 6.61. The monoisotopic (exact) mass is 313 g/mol. The molecule has 0 radical (unpaired) electrons. The maximum absolute atomic E-state index is 12.4. The van der Waals surface area contributed by atoms with Crippen LogP contribution in [0.25, 0.3) is 5.76 Å². The third-order valence-electron chi connectivity index (χ3n) is 3.33. The third-order valence-corrected chi connectivity index (χ3v) is 3.52. The van der Waals surface area contributed by atoms with E-state index in [1.165, 1.54) is 0 Å². The molecule has 0 bridgehead atoms. The first-order valence-corrected chi connectivity index (χ1v) is 6.99. The van der Waals surface area contributed by atoms with Crippen molar-refractivity contribution in [3.8, 4) is 0 Å². The molecular formula is C16H12ClN3O2. The zero-order valence-electron chi connectivity index (χ0n) is 12.0. The van der Waals surface area contributed by atoms with E-state index in [-0.39, 0.29) is 28.2 Å². The number of rotatable bonds is 2. The maximum Gasteiger partial charge on any atom is 0.251 e. The summed E-state index contributed by atoms with van der Waals surface area (Å²) in [6.45, 7) is 3.41. The molecule has 1 N–H and O–H groups in total. The predicted molar refractivity (Wildman–Crippen MR) is 84.9 cm³/mol. The van der Waals surface area contributed by atoms with Gasteiger partial charge in [0.15, 0.2) is 5.78 Å². The lowest BCUT2D eigenvalue weighted by Crippen LogP contribution is -2.07. The Morgan fingerprint density at radius 1 is 1.23 bits per heavy atom. The lowest BCUT2D eigenvalue weighted by atomic mass is 10.1. The maximum atomic E-state index is 12.4. The van der Waals surface area contributed by atoms with Crippen LogP contribution in [-0.2, 0) is 0 Å². The number of aliphatic hydroxyl groups is 1. The van der Waals surface area contributed by atoms with Crippen LogP contribution in [0.5, 0.6) is 0 Å². The van der Waals surface area contributed by atoms with E-state index in [1.54, 1.807) is 44.2 Å². The van der Waals surface area contributed by atoms with E-state index in [0.717, 1.165) is 0 Å². The molecule has 0 saturated heterocycles. The standard InChI is InChI=1S/C16H12ClN3O2/c1-8-7-12(17)20-16(18-8)19-9(2)13-14(21)10-5-3-4-6-11(10)15(13)22/h3-7,21H,1-2H3. The fraction of sp³-hybridized carbons (Fsp3) is 0.125. The van der Waals surface area contributed by atoms with Gasteiger partial charge < -0.3 is 5.11 Å². The smallest absolute Gasteiger partial charge is 0.251 e. The molecule has 110 valence electrons. The molecule has 0 unspecified atom stereocenters. The molecule has 6 heteroatoms. The van der Waals surface area contributed by atoms with Crippen LogP contribution in [-0.4, -0.2) is 26.6 Å². The molecular weight excluding hydrogens is 302 g/mol. The number of aliphatic hydroxyl groups excluding tert-OH is 1. The van der Waals surface area contributed by atoms with Crippen LogP contribution >= 0.6 is 11.6 Å². The molecule has 0 saturated carbocycles. The molecule has 2 aromatic rings. The third kappa shape index (κ3) is 2.40. The van der Waals surface area contributed by atoms with Crippen LogP contribution in [0.15, 0.2) is 40.9 Å². The Morgan fingerprint density at radius 3 is 2.55 bits per heavy atom. The van der Waals surface area contributed by atoms with Crippen LogP contribution in [0.1, 0.15) is 28.5 Å². The second-order valence-corrected chi connectivity index (χ2v) is 5.31. The number of aromatic nitrogens is 2. The van der Waals surface area contributed by atoms with E-state index in [1.807, 2.05) is 0 Å². The molecule has 1 heterocycles. The minimum Gasteiger partial charge on any atom is -0.506 e. The fourth-order valence-corrected chi connectivity index (χ4v) is 2.60. The van der Waals surface area contributed by atoms with Crippen molar-refractivity contribution in [2.24, 2.45) is 4.99 Å². The summed E-state index contributed by atoms with van der Waals surface area (Å²) in [7, 11) is 0. The number of hydrogen-bond acceptors (Lipinski definition) is 5. The number of aliphatic imine (C=N–C) groups is 1. The van der Waals surface area contributed by atoms with Crippen molar-refractivity contribution in [1.29, 1.82) is 0 Å². The summed E-state index contributed by atoms with van der Waals surface area (Å²) in [5, 5.41) is 10.6. The van der Waals surface area contributed by atoms with Gasteiger partial charge in [-0.15, -0.1) is 0 Å². The number of nitrogens with zero attached hydrogens (tertiary/aromatic N) is 3. The van der Waals surface area contributed by atoms with Gasteiger partial charge in [-0.05, 0) is 19.9 Å². The zero-order chi connectivity index (χ0) is 15.9. The van der Waals surface area contributed by atoms with Crippen LogP contribution in [0.3, 0.4) is 0 Å². The molecule has 1 aliphatic carbocycles. The quantitative estimate of drug-likeness (QED) is 0.677. The number of aryl methyl sites for hydroxylation is 1. The van der Waals surface area contributed by atoms with Crippen molar-refractivity contribution in [3.05, 3.63) is 57.9 Å². The number of carbonyl (C=O) groups is 1. The van der Waals surface area contributed by atoms with Crippen molar-refractivity contribution < 1.29 is 9.90 Å². The van der Waals surface area contributed by atoms with E-state index in [9.17, 15) is 9.90 Å². The van der Waals surface area contributed by atoms with E-state index >= 15 is 0 Å². The number of carbonyl (C=O) groups excluding carboxylic acids is 1. The number of fused-ring (bicyclic) bond motifs is 1. The number of Topliss-reactive ketones (excluding diaryl/α,β-unsaturated/α-hetero) is 1. The average Bonchev–Trinajstić information content (AvgIpc) is 2.70. The van der Waals surface area contributed by atoms with E-state index in [2.05, 4.69) is 15.0 Å². The largest absolute Gasteiger partial charge is 0.506 e. The molecule has 1 aliphatic rings. The lowest BCUT2D eigenvalue weighted by Gasteiger charge is -2.02. The Kier molecular flexibility index (Phi) is 3.50. The molecule has 22 heavy (non-hydrogen) atoms. The van der Waals surface area contributed by atoms with Crippen LogP contribution < -0.4 is 0 Å². The lowest BCUT2D eigenvalue weighted by molar-refractivity contribution is 0.104. The Hall–Kier alpha value is -2.53. The van der Waals surface area contributed by atoms with E-state index in [4.69, 9.17) is 11.6 Å². The highest BCUT2D eigenvalue weighted by Crippen LogP contribution is 2.32. The summed E-state index contributed by atoms with van der Waals surface area (Å²) >= 11 is 5.87. The molecule has 0 fully saturated rings. The summed E-state index contributed by atoms with van der Waals surface area (Å²) in [5.74, 6) is -0.166. The molecule has 1 aromatic heterocycles. The number of ketones is 1. The summed E-state index contributed by atoms with van der Waals surface area (Å²) in [5.41, 5.74) is 2.17. The summed E-state index contributed by atoms with van der Waals surface area (Å²) < 4.78 is 0. The van der Waals surface area contributed by atoms with Crippen LogP contribution in [0.4, 0.5) is 5.95 Å². The second kappa shape index (κ2) is 5.35. The topological polar surface area (TPSA) is 75.4 Å². The summed E-state index contributed by atoms with van der Waals surface area (Å²) in [6.07, 6.45) is 0.